The zero-order valence-corrected chi connectivity index (χ0v) is 8.70. The van der Waals surface area contributed by atoms with Crippen LogP contribution in [-0.4, -0.2) is 23.6 Å². The molecule has 0 bridgehead atoms. The van der Waals surface area contributed by atoms with Gasteiger partial charge in [0.1, 0.15) is 0 Å². The molecule has 0 aromatic carbocycles. The highest BCUT2D eigenvalue weighted by molar-refractivity contribution is 7.98. The molecule has 1 aromatic rings. The number of thioether (sulfide) groups is 1. The lowest BCUT2D eigenvalue weighted by Crippen LogP contribution is -2.14. The topological polar surface area (TPSA) is 88.0 Å². The molecule has 0 aliphatic carbocycles. The number of nitrogens with two attached hydrogens (primary N) is 1. The summed E-state index contributed by atoms with van der Waals surface area (Å²) in [6, 6.07) is 0. The number of aryl methyl sites for hydroxylation is 1. The van der Waals surface area contributed by atoms with E-state index in [-0.39, 0.29) is 0 Å². The fraction of sp³-hybridized carbons (Fsp3) is 0.250. The van der Waals surface area contributed by atoms with Crippen LogP contribution in [0.1, 0.15) is 16.1 Å². The van der Waals surface area contributed by atoms with Gasteiger partial charge in [-0.2, -0.15) is 0 Å². The minimum atomic E-state index is -0.552. The van der Waals surface area contributed by atoms with Gasteiger partial charge in [-0.3, -0.25) is 9.59 Å². The van der Waals surface area contributed by atoms with Crippen LogP contribution < -0.4 is 11.1 Å². The van der Waals surface area contributed by atoms with Gasteiger partial charge in [0.15, 0.2) is 0 Å². The summed E-state index contributed by atoms with van der Waals surface area (Å²) in [5.74, 6) is -0.552. The molecule has 0 saturated heterocycles. The third-order valence-corrected chi connectivity index (χ3v) is 2.52. The van der Waals surface area contributed by atoms with E-state index in [1.807, 2.05) is 6.26 Å². The lowest BCUT2D eigenvalue weighted by molar-refractivity contribution is -0.105. The number of aromatic nitrogens is 1. The molecule has 76 valence electrons. The first kappa shape index (κ1) is 10.6. The molecular weight excluding hydrogens is 202 g/mol. The molecule has 0 aliphatic rings. The number of hydrogen-bond donors (Lipinski definition) is 3. The van der Waals surface area contributed by atoms with Crippen molar-refractivity contribution >= 4 is 29.8 Å². The van der Waals surface area contributed by atoms with Crippen molar-refractivity contribution in [1.82, 2.24) is 4.98 Å². The third-order valence-electron chi connectivity index (χ3n) is 1.81. The number of amides is 2. The Kier molecular flexibility index (Phi) is 3.19. The lowest BCUT2D eigenvalue weighted by atomic mass is 10.2. The number of anilines is 1. The number of aromatic amines is 1. The highest BCUT2D eigenvalue weighted by Gasteiger charge is 2.18. The Labute approximate surface area is 85.4 Å². The zero-order chi connectivity index (χ0) is 10.7. The highest BCUT2D eigenvalue weighted by Crippen LogP contribution is 2.30. The maximum atomic E-state index is 11.1. The molecular formula is C8H11N3O2S. The van der Waals surface area contributed by atoms with Crippen molar-refractivity contribution in [2.75, 3.05) is 11.6 Å². The standard InChI is InChI=1S/C8H11N3O2S/c1-4-5(7(9)13)6(10-3-12)8(11-4)14-2/h3,11H,1-2H3,(H2,9,13)(H,10,12). The highest BCUT2D eigenvalue weighted by atomic mass is 32.2. The number of rotatable bonds is 4. The first-order valence-corrected chi connectivity index (χ1v) is 5.10. The molecule has 0 unspecified atom stereocenters. The van der Waals surface area contributed by atoms with E-state index >= 15 is 0 Å². The van der Waals surface area contributed by atoms with Gasteiger partial charge in [0.2, 0.25) is 6.41 Å². The molecule has 0 spiro atoms. The summed E-state index contributed by atoms with van der Waals surface area (Å²) in [4.78, 5) is 24.4. The molecule has 0 saturated carbocycles. The molecule has 1 aromatic heterocycles. The van der Waals surface area contributed by atoms with Crippen LogP contribution in [0, 0.1) is 6.92 Å². The minimum absolute atomic E-state index is 0.335. The molecule has 0 fully saturated rings. The SMILES string of the molecule is CSc1[nH]c(C)c(C(N)=O)c1NC=O. The molecule has 2 amide bonds. The molecule has 1 rings (SSSR count). The normalized spacial score (nSPS) is 9.86. The number of carbonyl (C=O) groups is 2. The molecule has 14 heavy (non-hydrogen) atoms. The second-order valence-electron chi connectivity index (χ2n) is 2.66. The maximum absolute atomic E-state index is 11.1. The average Bonchev–Trinajstić information content (AvgIpc) is 2.43. The van der Waals surface area contributed by atoms with Crippen LogP contribution in [0.4, 0.5) is 5.69 Å². The molecule has 0 radical (unpaired) electrons. The van der Waals surface area contributed by atoms with Crippen LogP contribution >= 0.6 is 11.8 Å². The quantitative estimate of drug-likeness (QED) is 0.508. The summed E-state index contributed by atoms with van der Waals surface area (Å²) in [6.45, 7) is 1.73. The van der Waals surface area contributed by atoms with Crippen LogP contribution in [0.25, 0.3) is 0 Å². The van der Waals surface area contributed by atoms with E-state index in [0.29, 0.717) is 23.4 Å². The van der Waals surface area contributed by atoms with Crippen molar-refractivity contribution in [3.05, 3.63) is 11.3 Å². The maximum Gasteiger partial charge on any atom is 0.252 e. The van der Waals surface area contributed by atoms with Crippen molar-refractivity contribution in [2.45, 2.75) is 11.9 Å². The van der Waals surface area contributed by atoms with E-state index in [9.17, 15) is 9.59 Å². The van der Waals surface area contributed by atoms with Gasteiger partial charge in [0.05, 0.1) is 16.3 Å². The van der Waals surface area contributed by atoms with Crippen molar-refractivity contribution in [3.63, 3.8) is 0 Å². The van der Waals surface area contributed by atoms with Crippen LogP contribution in [0.3, 0.4) is 0 Å². The number of primary amides is 1. The summed E-state index contributed by atoms with van der Waals surface area (Å²) in [6.07, 6.45) is 2.36. The summed E-state index contributed by atoms with van der Waals surface area (Å²) < 4.78 is 0. The van der Waals surface area contributed by atoms with Gasteiger partial charge in [0.25, 0.3) is 5.91 Å². The monoisotopic (exact) mass is 213 g/mol. The second-order valence-corrected chi connectivity index (χ2v) is 3.48. The van der Waals surface area contributed by atoms with E-state index in [0.717, 1.165) is 5.03 Å². The van der Waals surface area contributed by atoms with Crippen LogP contribution in [-0.2, 0) is 4.79 Å². The predicted molar refractivity (Wildman–Crippen MR) is 55.5 cm³/mol. The van der Waals surface area contributed by atoms with Gasteiger partial charge >= 0.3 is 0 Å². The van der Waals surface area contributed by atoms with Crippen molar-refractivity contribution in [1.29, 1.82) is 0 Å². The minimum Gasteiger partial charge on any atom is -0.365 e. The van der Waals surface area contributed by atoms with Crippen LogP contribution in [0.15, 0.2) is 5.03 Å². The Balaban J connectivity index is 3.30. The molecule has 6 heteroatoms. The van der Waals surface area contributed by atoms with Gasteiger partial charge < -0.3 is 16.0 Å². The molecule has 0 atom stereocenters. The number of hydrogen-bond acceptors (Lipinski definition) is 3. The molecule has 0 aliphatic heterocycles. The Hall–Kier alpha value is -1.43. The van der Waals surface area contributed by atoms with Gasteiger partial charge in [0, 0.05) is 5.69 Å². The fourth-order valence-electron chi connectivity index (χ4n) is 1.25. The fourth-order valence-corrected chi connectivity index (χ4v) is 1.87. The van der Waals surface area contributed by atoms with Crippen LogP contribution in [0.5, 0.6) is 0 Å². The van der Waals surface area contributed by atoms with Gasteiger partial charge in [-0.25, -0.2) is 0 Å². The summed E-state index contributed by atoms with van der Waals surface area (Å²) in [7, 11) is 0. The van der Waals surface area contributed by atoms with E-state index < -0.39 is 5.91 Å². The van der Waals surface area contributed by atoms with E-state index in [1.54, 1.807) is 6.92 Å². The third kappa shape index (κ3) is 1.74. The largest absolute Gasteiger partial charge is 0.365 e. The smallest absolute Gasteiger partial charge is 0.252 e. The average molecular weight is 213 g/mol. The van der Waals surface area contributed by atoms with Crippen molar-refractivity contribution < 1.29 is 9.59 Å². The number of H-pyrrole nitrogens is 1. The number of carbonyl (C=O) groups excluding carboxylic acids is 2. The van der Waals surface area contributed by atoms with Crippen LogP contribution in [0.2, 0.25) is 0 Å². The first-order valence-electron chi connectivity index (χ1n) is 3.88. The van der Waals surface area contributed by atoms with E-state index in [2.05, 4.69) is 10.3 Å². The Bertz CT molecular complexity index is 373. The predicted octanol–water partition coefficient (Wildman–Crippen LogP) is 0.712. The van der Waals surface area contributed by atoms with E-state index in [4.69, 9.17) is 5.73 Å². The van der Waals surface area contributed by atoms with Gasteiger partial charge in [-0.15, -0.1) is 11.8 Å². The first-order chi connectivity index (χ1) is 6.61. The Morgan fingerprint density at radius 1 is 1.64 bits per heavy atom. The van der Waals surface area contributed by atoms with Gasteiger partial charge in [-0.05, 0) is 13.2 Å². The van der Waals surface area contributed by atoms with Gasteiger partial charge in [-0.1, -0.05) is 0 Å². The van der Waals surface area contributed by atoms with E-state index in [1.165, 1.54) is 11.8 Å². The second kappa shape index (κ2) is 4.19. The lowest BCUT2D eigenvalue weighted by Gasteiger charge is -2.00. The zero-order valence-electron chi connectivity index (χ0n) is 7.88. The Morgan fingerprint density at radius 3 is 2.71 bits per heavy atom. The van der Waals surface area contributed by atoms with Crippen molar-refractivity contribution in [3.8, 4) is 0 Å². The number of nitrogens with one attached hydrogen (secondary N) is 2. The summed E-state index contributed by atoms with van der Waals surface area (Å²) in [5.41, 5.74) is 6.64. The molecule has 1 heterocycles. The molecule has 4 N–H and O–H groups in total. The summed E-state index contributed by atoms with van der Waals surface area (Å²) in [5, 5.41) is 3.19. The summed E-state index contributed by atoms with van der Waals surface area (Å²) >= 11 is 1.40. The molecule has 5 nitrogen and oxygen atoms in total. The Morgan fingerprint density at radius 2 is 2.29 bits per heavy atom. The van der Waals surface area contributed by atoms with Crippen molar-refractivity contribution in [2.24, 2.45) is 5.73 Å².